The summed E-state index contributed by atoms with van der Waals surface area (Å²) in [4.78, 5) is 45.9. The van der Waals surface area contributed by atoms with Gasteiger partial charge in [0.2, 0.25) is 5.95 Å². The Bertz CT molecular complexity index is 1050. The molecule has 0 radical (unpaired) electrons. The standard InChI is InChI=1S/C22H28N6O5/c1-22(2,3)33-21(32)26-15-8-5-9-28(12-15)20-24-11-16(17(23)29)18(27-20)25-14-7-4-6-13(10-14)19(30)31/h4,6-7,10-11,15H,5,8-9,12H2,1-3H3,(H2,23,29)(H,26,32)(H,30,31)(H,24,25,27). The fourth-order valence-electron chi connectivity index (χ4n) is 3.42. The number of alkyl carbamates (subject to hydrolysis) is 1. The van der Waals surface area contributed by atoms with Gasteiger partial charge >= 0.3 is 12.1 Å². The lowest BCUT2D eigenvalue weighted by Crippen LogP contribution is -2.49. The van der Waals surface area contributed by atoms with Crippen molar-refractivity contribution in [3.63, 3.8) is 0 Å². The topological polar surface area (TPSA) is 160 Å². The summed E-state index contributed by atoms with van der Waals surface area (Å²) in [5, 5.41) is 15.0. The molecule has 1 unspecified atom stereocenters. The number of carboxylic acid groups (broad SMARTS) is 1. The van der Waals surface area contributed by atoms with E-state index in [-0.39, 0.29) is 23.0 Å². The lowest BCUT2D eigenvalue weighted by Gasteiger charge is -2.33. The number of anilines is 3. The number of nitrogens with two attached hydrogens (primary N) is 1. The van der Waals surface area contributed by atoms with Gasteiger partial charge < -0.3 is 31.1 Å². The number of ether oxygens (including phenoxy) is 1. The quantitative estimate of drug-likeness (QED) is 0.512. The molecule has 0 spiro atoms. The lowest BCUT2D eigenvalue weighted by molar-refractivity contribution is 0.0499. The molecule has 5 N–H and O–H groups in total. The minimum atomic E-state index is -1.08. The van der Waals surface area contributed by atoms with Gasteiger partial charge in [0.15, 0.2) is 0 Å². The van der Waals surface area contributed by atoms with E-state index in [1.54, 1.807) is 32.9 Å². The molecule has 0 aliphatic carbocycles. The maximum absolute atomic E-state index is 12.1. The molecule has 33 heavy (non-hydrogen) atoms. The van der Waals surface area contributed by atoms with Gasteiger partial charge in [0, 0.05) is 31.0 Å². The van der Waals surface area contributed by atoms with Crippen LogP contribution in [0.3, 0.4) is 0 Å². The molecule has 0 saturated carbocycles. The minimum absolute atomic E-state index is 0.0694. The molecule has 11 heteroatoms. The zero-order valence-electron chi connectivity index (χ0n) is 18.8. The number of hydrogen-bond donors (Lipinski definition) is 4. The van der Waals surface area contributed by atoms with E-state index < -0.39 is 23.6 Å². The number of nitrogens with one attached hydrogen (secondary N) is 2. The van der Waals surface area contributed by atoms with E-state index >= 15 is 0 Å². The number of aromatic nitrogens is 2. The zero-order chi connectivity index (χ0) is 24.2. The number of piperidine rings is 1. The molecular weight excluding hydrogens is 428 g/mol. The number of carboxylic acids is 1. The number of rotatable bonds is 6. The van der Waals surface area contributed by atoms with Crippen LogP contribution in [-0.2, 0) is 4.74 Å². The van der Waals surface area contributed by atoms with Crippen LogP contribution in [0.25, 0.3) is 0 Å². The first-order chi connectivity index (χ1) is 15.5. The Hall–Kier alpha value is -3.89. The predicted octanol–water partition coefficient (Wildman–Crippen LogP) is 2.51. The molecule has 1 saturated heterocycles. The molecule has 0 bridgehead atoms. The Morgan fingerprint density at radius 1 is 1.27 bits per heavy atom. The second-order valence-electron chi connectivity index (χ2n) is 8.74. The predicted molar refractivity (Wildman–Crippen MR) is 122 cm³/mol. The number of amides is 2. The third-order valence-corrected chi connectivity index (χ3v) is 4.84. The van der Waals surface area contributed by atoms with Crippen molar-refractivity contribution in [1.29, 1.82) is 0 Å². The van der Waals surface area contributed by atoms with Crippen molar-refractivity contribution in [3.05, 3.63) is 41.6 Å². The number of hydrogen-bond acceptors (Lipinski definition) is 8. The summed E-state index contributed by atoms with van der Waals surface area (Å²) in [5.41, 5.74) is 5.47. The molecular formula is C22H28N6O5. The summed E-state index contributed by atoms with van der Waals surface area (Å²) in [5.74, 6) is -1.28. The molecule has 2 amide bonds. The van der Waals surface area contributed by atoms with Gasteiger partial charge in [0.1, 0.15) is 17.0 Å². The van der Waals surface area contributed by atoms with Crippen LogP contribution in [0.2, 0.25) is 0 Å². The number of carbonyl (C=O) groups excluding carboxylic acids is 2. The van der Waals surface area contributed by atoms with Crippen LogP contribution in [0.4, 0.5) is 22.2 Å². The van der Waals surface area contributed by atoms with Crippen LogP contribution < -0.4 is 21.3 Å². The molecule has 1 fully saturated rings. The molecule has 1 aromatic carbocycles. The normalized spacial score (nSPS) is 16.1. The Kier molecular flexibility index (Phi) is 7.00. The van der Waals surface area contributed by atoms with E-state index in [4.69, 9.17) is 10.5 Å². The van der Waals surface area contributed by atoms with Crippen molar-refractivity contribution in [3.8, 4) is 0 Å². The van der Waals surface area contributed by atoms with Gasteiger partial charge in [0.05, 0.1) is 5.56 Å². The Labute approximate surface area is 191 Å². The fourth-order valence-corrected chi connectivity index (χ4v) is 3.42. The Balaban J connectivity index is 1.79. The van der Waals surface area contributed by atoms with Gasteiger partial charge in [-0.2, -0.15) is 4.98 Å². The first-order valence-electron chi connectivity index (χ1n) is 10.5. The maximum atomic E-state index is 12.1. The number of benzene rings is 1. The summed E-state index contributed by atoms with van der Waals surface area (Å²) in [7, 11) is 0. The highest BCUT2D eigenvalue weighted by molar-refractivity contribution is 5.98. The van der Waals surface area contributed by atoms with Gasteiger partial charge in [-0.05, 0) is 51.8 Å². The van der Waals surface area contributed by atoms with E-state index in [9.17, 15) is 19.5 Å². The van der Waals surface area contributed by atoms with Crippen LogP contribution in [0, 0.1) is 0 Å². The molecule has 1 aromatic heterocycles. The monoisotopic (exact) mass is 456 g/mol. The third kappa shape index (κ3) is 6.55. The van der Waals surface area contributed by atoms with Gasteiger partial charge in [-0.15, -0.1) is 0 Å². The van der Waals surface area contributed by atoms with Crippen LogP contribution in [0.1, 0.15) is 54.3 Å². The maximum Gasteiger partial charge on any atom is 0.407 e. The molecule has 11 nitrogen and oxygen atoms in total. The highest BCUT2D eigenvalue weighted by Gasteiger charge is 2.26. The SMILES string of the molecule is CC(C)(C)OC(=O)NC1CCCN(c2ncc(C(N)=O)c(Nc3cccc(C(=O)O)c3)n2)C1. The minimum Gasteiger partial charge on any atom is -0.478 e. The van der Waals surface area contributed by atoms with Crippen molar-refractivity contribution in [2.75, 3.05) is 23.3 Å². The molecule has 1 aliphatic rings. The van der Waals surface area contributed by atoms with Crippen molar-refractivity contribution in [2.24, 2.45) is 5.73 Å². The molecule has 3 rings (SSSR count). The summed E-state index contributed by atoms with van der Waals surface area (Å²) in [6, 6.07) is 5.96. The molecule has 176 valence electrons. The summed E-state index contributed by atoms with van der Waals surface area (Å²) >= 11 is 0. The molecule has 1 atom stereocenters. The van der Waals surface area contributed by atoms with Gasteiger partial charge in [-0.25, -0.2) is 14.6 Å². The number of primary amides is 1. The number of aromatic carboxylic acids is 1. The van der Waals surface area contributed by atoms with E-state index in [0.717, 1.165) is 12.8 Å². The summed E-state index contributed by atoms with van der Waals surface area (Å²) in [6.07, 6.45) is 2.42. The average molecular weight is 457 g/mol. The zero-order valence-corrected chi connectivity index (χ0v) is 18.8. The van der Waals surface area contributed by atoms with Gasteiger partial charge in [-0.1, -0.05) is 6.07 Å². The fraction of sp³-hybridized carbons (Fsp3) is 0.409. The van der Waals surface area contributed by atoms with E-state index in [0.29, 0.717) is 24.7 Å². The van der Waals surface area contributed by atoms with Crippen LogP contribution >= 0.6 is 0 Å². The second kappa shape index (κ2) is 9.72. The summed E-state index contributed by atoms with van der Waals surface area (Å²) < 4.78 is 5.33. The third-order valence-electron chi connectivity index (χ3n) is 4.84. The van der Waals surface area contributed by atoms with Crippen molar-refractivity contribution >= 4 is 35.4 Å². The average Bonchev–Trinajstić information content (AvgIpc) is 2.72. The van der Waals surface area contributed by atoms with Crippen molar-refractivity contribution < 1.29 is 24.2 Å². The molecule has 2 aromatic rings. The summed E-state index contributed by atoms with van der Waals surface area (Å²) in [6.45, 7) is 6.52. The van der Waals surface area contributed by atoms with E-state index in [1.807, 2.05) is 4.90 Å². The lowest BCUT2D eigenvalue weighted by atomic mass is 10.1. The highest BCUT2D eigenvalue weighted by atomic mass is 16.6. The molecule has 1 aliphatic heterocycles. The Morgan fingerprint density at radius 2 is 2.03 bits per heavy atom. The van der Waals surface area contributed by atoms with Crippen LogP contribution in [-0.4, -0.2) is 57.8 Å². The highest BCUT2D eigenvalue weighted by Crippen LogP contribution is 2.24. The first-order valence-corrected chi connectivity index (χ1v) is 10.5. The van der Waals surface area contributed by atoms with Gasteiger partial charge in [-0.3, -0.25) is 4.79 Å². The van der Waals surface area contributed by atoms with Crippen molar-refractivity contribution in [2.45, 2.75) is 45.3 Å². The Morgan fingerprint density at radius 3 is 2.70 bits per heavy atom. The van der Waals surface area contributed by atoms with Gasteiger partial charge in [0.25, 0.3) is 5.91 Å². The number of nitrogens with zero attached hydrogens (tertiary/aromatic N) is 3. The van der Waals surface area contributed by atoms with Crippen LogP contribution in [0.15, 0.2) is 30.5 Å². The molecule has 2 heterocycles. The smallest absolute Gasteiger partial charge is 0.407 e. The first kappa shape index (κ1) is 23.8. The second-order valence-corrected chi connectivity index (χ2v) is 8.74. The van der Waals surface area contributed by atoms with E-state index in [2.05, 4.69) is 20.6 Å². The van der Waals surface area contributed by atoms with E-state index in [1.165, 1.54) is 18.3 Å². The largest absolute Gasteiger partial charge is 0.478 e. The van der Waals surface area contributed by atoms with Crippen molar-refractivity contribution in [1.82, 2.24) is 15.3 Å². The number of carbonyl (C=O) groups is 3. The van der Waals surface area contributed by atoms with Crippen LogP contribution in [0.5, 0.6) is 0 Å².